The van der Waals surface area contributed by atoms with Crippen molar-refractivity contribution in [2.24, 2.45) is 0 Å². The molecule has 0 unspecified atom stereocenters. The number of benzene rings is 1. The zero-order valence-electron chi connectivity index (χ0n) is 10.7. The van der Waals surface area contributed by atoms with Gasteiger partial charge in [0.05, 0.1) is 0 Å². The lowest BCUT2D eigenvalue weighted by Gasteiger charge is -2.01. The lowest BCUT2D eigenvalue weighted by Crippen LogP contribution is -2.11. The molecular formula is C14H13N3O2. The summed E-state index contributed by atoms with van der Waals surface area (Å²) in [4.78, 5) is 19.1. The molecular weight excluding hydrogens is 242 g/mol. The van der Waals surface area contributed by atoms with E-state index in [1.165, 1.54) is 0 Å². The summed E-state index contributed by atoms with van der Waals surface area (Å²) < 4.78 is 5.20. The summed E-state index contributed by atoms with van der Waals surface area (Å²) in [7, 11) is 0. The van der Waals surface area contributed by atoms with Gasteiger partial charge in [0, 0.05) is 12.0 Å². The fourth-order valence-electron chi connectivity index (χ4n) is 2.10. The Morgan fingerprint density at radius 3 is 2.84 bits per heavy atom. The molecule has 0 saturated carbocycles. The van der Waals surface area contributed by atoms with Gasteiger partial charge in [-0.25, -0.2) is 0 Å². The molecule has 5 heteroatoms. The van der Waals surface area contributed by atoms with Gasteiger partial charge in [0.1, 0.15) is 16.9 Å². The lowest BCUT2D eigenvalue weighted by molar-refractivity contribution is 0.450. The summed E-state index contributed by atoms with van der Waals surface area (Å²) in [6.07, 6.45) is 0.644. The Hall–Kier alpha value is -2.43. The van der Waals surface area contributed by atoms with Crippen LogP contribution in [0.25, 0.3) is 22.4 Å². The van der Waals surface area contributed by atoms with E-state index in [1.54, 1.807) is 0 Å². The van der Waals surface area contributed by atoms with Crippen molar-refractivity contribution in [3.8, 4) is 11.3 Å². The van der Waals surface area contributed by atoms with E-state index < -0.39 is 0 Å². The van der Waals surface area contributed by atoms with Crippen molar-refractivity contribution in [3.05, 3.63) is 46.0 Å². The highest BCUT2D eigenvalue weighted by Crippen LogP contribution is 2.26. The number of H-pyrrole nitrogens is 1. The molecule has 0 aliphatic heterocycles. The summed E-state index contributed by atoms with van der Waals surface area (Å²) in [6, 6.07) is 7.74. The molecule has 2 heterocycles. The first-order valence-electron chi connectivity index (χ1n) is 6.15. The molecule has 0 aliphatic carbocycles. The number of hydrogen-bond donors (Lipinski definition) is 1. The molecule has 1 aromatic carbocycles. The van der Waals surface area contributed by atoms with Gasteiger partial charge in [-0.3, -0.25) is 4.79 Å². The third kappa shape index (κ3) is 1.83. The molecule has 5 nitrogen and oxygen atoms in total. The molecule has 3 aromatic rings. The average Bonchev–Trinajstić information content (AvgIpc) is 2.83. The van der Waals surface area contributed by atoms with Gasteiger partial charge in [-0.2, -0.15) is 4.98 Å². The van der Waals surface area contributed by atoms with Crippen LogP contribution in [0.3, 0.4) is 0 Å². The SMILES string of the molecule is CCc1nc2onc(-c3ccccc3C)c2c(=O)[nH]1. The summed E-state index contributed by atoms with van der Waals surface area (Å²) in [5.74, 6) is 0.602. The summed E-state index contributed by atoms with van der Waals surface area (Å²) in [5.41, 5.74) is 2.55. The Morgan fingerprint density at radius 2 is 2.11 bits per heavy atom. The van der Waals surface area contributed by atoms with Crippen LogP contribution in [0.1, 0.15) is 18.3 Å². The van der Waals surface area contributed by atoms with E-state index in [2.05, 4.69) is 15.1 Å². The predicted molar refractivity (Wildman–Crippen MR) is 72.0 cm³/mol. The third-order valence-electron chi connectivity index (χ3n) is 3.13. The molecule has 1 N–H and O–H groups in total. The highest BCUT2D eigenvalue weighted by molar-refractivity contribution is 5.89. The maximum Gasteiger partial charge on any atom is 0.265 e. The van der Waals surface area contributed by atoms with Crippen LogP contribution in [0.4, 0.5) is 0 Å². The van der Waals surface area contributed by atoms with E-state index >= 15 is 0 Å². The zero-order valence-corrected chi connectivity index (χ0v) is 10.7. The maximum absolute atomic E-state index is 12.1. The fourth-order valence-corrected chi connectivity index (χ4v) is 2.10. The van der Waals surface area contributed by atoms with Crippen molar-refractivity contribution in [1.29, 1.82) is 0 Å². The van der Waals surface area contributed by atoms with E-state index in [1.807, 2.05) is 38.1 Å². The largest absolute Gasteiger partial charge is 0.335 e. The van der Waals surface area contributed by atoms with Gasteiger partial charge in [-0.15, -0.1) is 0 Å². The number of nitrogens with zero attached hydrogens (tertiary/aromatic N) is 2. The number of hydrogen-bond acceptors (Lipinski definition) is 4. The molecule has 0 spiro atoms. The van der Waals surface area contributed by atoms with Crippen LogP contribution >= 0.6 is 0 Å². The molecule has 0 radical (unpaired) electrons. The van der Waals surface area contributed by atoms with E-state index in [-0.39, 0.29) is 5.56 Å². The second kappa shape index (κ2) is 4.35. The molecule has 96 valence electrons. The summed E-state index contributed by atoms with van der Waals surface area (Å²) >= 11 is 0. The van der Waals surface area contributed by atoms with Crippen molar-refractivity contribution in [1.82, 2.24) is 15.1 Å². The van der Waals surface area contributed by atoms with Crippen LogP contribution in [0, 0.1) is 6.92 Å². The Bertz CT molecular complexity index is 802. The molecule has 19 heavy (non-hydrogen) atoms. The van der Waals surface area contributed by atoms with E-state index in [4.69, 9.17) is 4.52 Å². The topological polar surface area (TPSA) is 71.8 Å². The van der Waals surface area contributed by atoms with Gasteiger partial charge in [0.15, 0.2) is 0 Å². The fraction of sp³-hybridized carbons (Fsp3) is 0.214. The smallest absolute Gasteiger partial charge is 0.265 e. The number of rotatable bonds is 2. The summed E-state index contributed by atoms with van der Waals surface area (Å²) in [6.45, 7) is 3.89. The van der Waals surface area contributed by atoms with Crippen LogP contribution in [-0.2, 0) is 6.42 Å². The minimum absolute atomic E-state index is 0.207. The minimum Gasteiger partial charge on any atom is -0.335 e. The highest BCUT2D eigenvalue weighted by Gasteiger charge is 2.17. The van der Waals surface area contributed by atoms with Crippen LogP contribution in [0.15, 0.2) is 33.6 Å². The van der Waals surface area contributed by atoms with Gasteiger partial charge in [0.2, 0.25) is 0 Å². The number of aromatic amines is 1. The molecule has 0 saturated heterocycles. The molecule has 0 aliphatic rings. The monoisotopic (exact) mass is 255 g/mol. The second-order valence-electron chi connectivity index (χ2n) is 4.39. The number of aryl methyl sites for hydroxylation is 2. The average molecular weight is 255 g/mol. The van der Waals surface area contributed by atoms with Gasteiger partial charge >= 0.3 is 0 Å². The molecule has 0 fully saturated rings. The van der Waals surface area contributed by atoms with Crippen LogP contribution < -0.4 is 5.56 Å². The van der Waals surface area contributed by atoms with Gasteiger partial charge in [0.25, 0.3) is 11.3 Å². The molecule has 0 bridgehead atoms. The number of fused-ring (bicyclic) bond motifs is 1. The molecule has 3 rings (SSSR count). The van der Waals surface area contributed by atoms with Gasteiger partial charge in [-0.05, 0) is 12.5 Å². The first kappa shape index (κ1) is 11.6. The number of aromatic nitrogens is 3. The summed E-state index contributed by atoms with van der Waals surface area (Å²) in [5, 5.41) is 4.41. The van der Waals surface area contributed by atoms with Crippen molar-refractivity contribution in [2.45, 2.75) is 20.3 Å². The maximum atomic E-state index is 12.1. The minimum atomic E-state index is -0.207. The Kier molecular flexibility index (Phi) is 2.67. The third-order valence-corrected chi connectivity index (χ3v) is 3.13. The Balaban J connectivity index is 2.33. The number of nitrogens with one attached hydrogen (secondary N) is 1. The molecule has 0 amide bonds. The van der Waals surface area contributed by atoms with Gasteiger partial charge < -0.3 is 9.51 Å². The second-order valence-corrected chi connectivity index (χ2v) is 4.39. The van der Waals surface area contributed by atoms with E-state index in [9.17, 15) is 4.79 Å². The van der Waals surface area contributed by atoms with Gasteiger partial charge in [-0.1, -0.05) is 36.3 Å². The Labute approximate surface area is 109 Å². The van der Waals surface area contributed by atoms with Crippen molar-refractivity contribution < 1.29 is 4.52 Å². The predicted octanol–water partition coefficient (Wildman–Crippen LogP) is 2.45. The quantitative estimate of drug-likeness (QED) is 0.763. The first-order chi connectivity index (χ1) is 9.20. The first-order valence-corrected chi connectivity index (χ1v) is 6.15. The van der Waals surface area contributed by atoms with E-state index in [0.29, 0.717) is 29.0 Å². The standard InChI is InChI=1S/C14H13N3O2/c1-3-10-15-13(18)11-12(17-19-14(11)16-10)9-7-5-4-6-8(9)2/h4-7H,3H2,1-2H3,(H,15,16,18). The zero-order chi connectivity index (χ0) is 13.4. The molecule has 0 atom stereocenters. The van der Waals surface area contributed by atoms with Crippen LogP contribution in [-0.4, -0.2) is 15.1 Å². The van der Waals surface area contributed by atoms with Crippen LogP contribution in [0.5, 0.6) is 0 Å². The lowest BCUT2D eigenvalue weighted by atomic mass is 10.0. The van der Waals surface area contributed by atoms with Crippen LogP contribution in [0.2, 0.25) is 0 Å². The van der Waals surface area contributed by atoms with Crippen molar-refractivity contribution >= 4 is 11.1 Å². The van der Waals surface area contributed by atoms with Crippen molar-refractivity contribution in [2.75, 3.05) is 0 Å². The molecule has 2 aromatic heterocycles. The highest BCUT2D eigenvalue weighted by atomic mass is 16.5. The van der Waals surface area contributed by atoms with E-state index in [0.717, 1.165) is 11.1 Å². The Morgan fingerprint density at radius 1 is 1.32 bits per heavy atom. The van der Waals surface area contributed by atoms with Crippen molar-refractivity contribution in [3.63, 3.8) is 0 Å². The normalized spacial score (nSPS) is 11.1.